The molecular weight excluding hydrogens is 385 g/mol. The van der Waals surface area contributed by atoms with Crippen LogP contribution in [0.4, 0.5) is 13.2 Å². The summed E-state index contributed by atoms with van der Waals surface area (Å²) in [5.74, 6) is 2.48. The molecule has 0 heterocycles. The van der Waals surface area contributed by atoms with Gasteiger partial charge in [-0.3, -0.25) is 0 Å². The van der Waals surface area contributed by atoms with Gasteiger partial charge < -0.3 is 4.74 Å². The fourth-order valence-electron chi connectivity index (χ4n) is 5.77. The van der Waals surface area contributed by atoms with Gasteiger partial charge in [0.05, 0.1) is 0 Å². The summed E-state index contributed by atoms with van der Waals surface area (Å²) in [6, 6.07) is 0. The second-order valence-electron chi connectivity index (χ2n) is 10.1. The van der Waals surface area contributed by atoms with E-state index in [1.54, 1.807) is 0 Å². The van der Waals surface area contributed by atoms with Crippen LogP contribution in [0.1, 0.15) is 129 Å². The quantitative estimate of drug-likeness (QED) is 0.248. The summed E-state index contributed by atoms with van der Waals surface area (Å²) in [5.41, 5.74) is 0. The third kappa shape index (κ3) is 10.4. The first-order valence-electron chi connectivity index (χ1n) is 13.2. The fourth-order valence-corrected chi connectivity index (χ4v) is 5.77. The maximum Gasteiger partial charge on any atom is 0.414 e. The summed E-state index contributed by atoms with van der Waals surface area (Å²) < 4.78 is 45.3. The average molecular weight is 433 g/mol. The predicted octanol–water partition coefficient (Wildman–Crippen LogP) is 9.24. The molecule has 0 N–H and O–H groups in total. The van der Waals surface area contributed by atoms with E-state index in [0.29, 0.717) is 12.3 Å². The van der Waals surface area contributed by atoms with Gasteiger partial charge in [0, 0.05) is 6.61 Å². The third-order valence-corrected chi connectivity index (χ3v) is 7.72. The van der Waals surface area contributed by atoms with Crippen LogP contribution in [0.15, 0.2) is 0 Å². The van der Waals surface area contributed by atoms with E-state index in [1.165, 1.54) is 83.5 Å². The molecule has 2 aliphatic rings. The molecule has 0 aromatic heterocycles. The Morgan fingerprint density at radius 2 is 1.33 bits per heavy atom. The molecule has 0 radical (unpaired) electrons. The van der Waals surface area contributed by atoms with Crippen molar-refractivity contribution in [2.24, 2.45) is 17.8 Å². The maximum atomic E-state index is 13.3. The molecule has 1 nitrogen and oxygen atoms in total. The van der Waals surface area contributed by atoms with Crippen LogP contribution in [0.5, 0.6) is 0 Å². The first kappa shape index (κ1) is 26.0. The number of rotatable bonds is 14. The van der Waals surface area contributed by atoms with Crippen molar-refractivity contribution in [2.45, 2.75) is 141 Å². The Morgan fingerprint density at radius 3 is 1.97 bits per heavy atom. The van der Waals surface area contributed by atoms with Crippen molar-refractivity contribution < 1.29 is 17.9 Å². The van der Waals surface area contributed by atoms with Crippen LogP contribution in [0.2, 0.25) is 0 Å². The zero-order chi connectivity index (χ0) is 21.7. The molecule has 0 amide bonds. The van der Waals surface area contributed by atoms with Crippen molar-refractivity contribution in [1.82, 2.24) is 0 Å². The number of hydrogen-bond acceptors (Lipinski definition) is 1. The monoisotopic (exact) mass is 432 g/mol. The largest absolute Gasteiger partial charge is 0.414 e. The number of unbranched alkanes of at least 4 members (excludes halogenated alkanes) is 6. The van der Waals surface area contributed by atoms with E-state index in [1.807, 2.05) is 0 Å². The Kier molecular flexibility index (Phi) is 12.8. The molecule has 0 bridgehead atoms. The van der Waals surface area contributed by atoms with Crippen LogP contribution >= 0.6 is 0 Å². The lowest BCUT2D eigenvalue weighted by molar-refractivity contribution is -0.222. The van der Waals surface area contributed by atoms with Crippen molar-refractivity contribution in [3.63, 3.8) is 0 Å². The van der Waals surface area contributed by atoms with E-state index in [2.05, 4.69) is 6.92 Å². The minimum absolute atomic E-state index is 0.141. The number of ether oxygens (including phenoxy) is 1. The van der Waals surface area contributed by atoms with Gasteiger partial charge in [-0.25, -0.2) is 0 Å². The Labute approximate surface area is 183 Å². The summed E-state index contributed by atoms with van der Waals surface area (Å²) >= 11 is 0. The highest BCUT2D eigenvalue weighted by Gasteiger charge is 2.40. The van der Waals surface area contributed by atoms with Crippen LogP contribution in [0, 0.1) is 17.8 Å². The fraction of sp³-hybridized carbons (Fsp3) is 1.00. The highest BCUT2D eigenvalue weighted by atomic mass is 19.4. The summed E-state index contributed by atoms with van der Waals surface area (Å²) in [5, 5.41) is 0. The molecule has 2 saturated carbocycles. The van der Waals surface area contributed by atoms with Crippen molar-refractivity contribution in [2.75, 3.05) is 6.61 Å². The standard InChI is InChI=1S/C26H47F3O/c1-2-3-4-5-6-7-11-21-30-25(26(27,28)29)16-12-13-22-17-19-24(20-18-22)23-14-9-8-10-15-23/h22-25H,2-21H2,1H3/t22-,24-,25?. The average Bonchev–Trinajstić information content (AvgIpc) is 2.74. The summed E-state index contributed by atoms with van der Waals surface area (Å²) in [4.78, 5) is 0. The van der Waals surface area contributed by atoms with Gasteiger partial charge in [-0.05, 0) is 43.4 Å². The van der Waals surface area contributed by atoms with E-state index in [9.17, 15) is 13.2 Å². The normalized spacial score (nSPS) is 24.8. The van der Waals surface area contributed by atoms with Gasteiger partial charge in [0.2, 0.25) is 0 Å². The van der Waals surface area contributed by atoms with Crippen molar-refractivity contribution >= 4 is 0 Å². The zero-order valence-electron chi connectivity index (χ0n) is 19.5. The molecule has 0 spiro atoms. The highest BCUT2D eigenvalue weighted by Crippen LogP contribution is 2.41. The predicted molar refractivity (Wildman–Crippen MR) is 120 cm³/mol. The lowest BCUT2D eigenvalue weighted by Gasteiger charge is -2.36. The van der Waals surface area contributed by atoms with Crippen LogP contribution in [-0.4, -0.2) is 18.9 Å². The maximum absolute atomic E-state index is 13.3. The second kappa shape index (κ2) is 14.7. The molecule has 178 valence electrons. The van der Waals surface area contributed by atoms with Crippen molar-refractivity contribution in [1.29, 1.82) is 0 Å². The summed E-state index contributed by atoms with van der Waals surface area (Å²) in [6.45, 7) is 2.44. The van der Waals surface area contributed by atoms with E-state index in [4.69, 9.17) is 4.74 Å². The number of hydrogen-bond donors (Lipinski definition) is 0. The lowest BCUT2D eigenvalue weighted by Crippen LogP contribution is -2.32. The third-order valence-electron chi connectivity index (χ3n) is 7.72. The van der Waals surface area contributed by atoms with Crippen LogP contribution < -0.4 is 0 Å². The second-order valence-corrected chi connectivity index (χ2v) is 10.1. The van der Waals surface area contributed by atoms with E-state index < -0.39 is 12.3 Å². The first-order valence-corrected chi connectivity index (χ1v) is 13.2. The smallest absolute Gasteiger partial charge is 0.369 e. The van der Waals surface area contributed by atoms with Gasteiger partial charge in [0.25, 0.3) is 0 Å². The molecule has 30 heavy (non-hydrogen) atoms. The molecule has 0 aromatic carbocycles. The van der Waals surface area contributed by atoms with Crippen LogP contribution in [-0.2, 0) is 4.74 Å². The Morgan fingerprint density at radius 1 is 0.733 bits per heavy atom. The van der Waals surface area contributed by atoms with E-state index in [0.717, 1.165) is 37.5 Å². The molecule has 1 unspecified atom stereocenters. The highest BCUT2D eigenvalue weighted by molar-refractivity contribution is 4.80. The Hall–Kier alpha value is -0.250. The summed E-state index contributed by atoms with van der Waals surface area (Å²) in [6.07, 6.45) is 15.9. The van der Waals surface area contributed by atoms with Crippen molar-refractivity contribution in [3.05, 3.63) is 0 Å². The topological polar surface area (TPSA) is 9.23 Å². The molecule has 2 fully saturated rings. The van der Waals surface area contributed by atoms with E-state index >= 15 is 0 Å². The molecule has 0 saturated heterocycles. The zero-order valence-corrected chi connectivity index (χ0v) is 19.5. The lowest BCUT2D eigenvalue weighted by atomic mass is 9.70. The minimum atomic E-state index is -4.22. The molecular formula is C26H47F3O. The SMILES string of the molecule is CCCCCCCCCOC(CCC[C@H]1CC[C@H](C2CCCCC2)CC1)C(F)(F)F. The molecule has 2 rings (SSSR count). The van der Waals surface area contributed by atoms with E-state index in [-0.39, 0.29) is 13.0 Å². The van der Waals surface area contributed by atoms with Gasteiger partial charge >= 0.3 is 6.18 Å². The van der Waals surface area contributed by atoms with Gasteiger partial charge in [-0.2, -0.15) is 13.2 Å². The summed E-state index contributed by atoms with van der Waals surface area (Å²) in [7, 11) is 0. The van der Waals surface area contributed by atoms with Crippen LogP contribution in [0.3, 0.4) is 0 Å². The molecule has 4 heteroatoms. The van der Waals surface area contributed by atoms with Gasteiger partial charge in [-0.15, -0.1) is 0 Å². The van der Waals surface area contributed by atoms with Gasteiger partial charge in [0.1, 0.15) is 0 Å². The van der Waals surface area contributed by atoms with Gasteiger partial charge in [-0.1, -0.05) is 103 Å². The van der Waals surface area contributed by atoms with Crippen molar-refractivity contribution in [3.8, 4) is 0 Å². The molecule has 0 aromatic rings. The molecule has 2 aliphatic carbocycles. The molecule has 1 atom stereocenters. The first-order chi connectivity index (χ1) is 14.5. The number of halogens is 3. The Balaban J connectivity index is 1.56. The molecule has 0 aliphatic heterocycles. The minimum Gasteiger partial charge on any atom is -0.369 e. The number of alkyl halides is 3. The van der Waals surface area contributed by atoms with Crippen LogP contribution in [0.25, 0.3) is 0 Å². The Bertz CT molecular complexity index is 409. The van der Waals surface area contributed by atoms with Gasteiger partial charge in [0.15, 0.2) is 6.10 Å².